The van der Waals surface area contributed by atoms with Crippen molar-refractivity contribution in [3.05, 3.63) is 63.7 Å². The van der Waals surface area contributed by atoms with Gasteiger partial charge in [0, 0.05) is 23.7 Å². The topological polar surface area (TPSA) is 40.5 Å². The smallest absolute Gasteiger partial charge is 0.254 e. The van der Waals surface area contributed by atoms with E-state index in [0.717, 1.165) is 17.5 Å². The van der Waals surface area contributed by atoms with Crippen LogP contribution in [0.2, 0.25) is 5.02 Å². The minimum Gasteiger partial charge on any atom is -0.508 e. The number of halogens is 1. The van der Waals surface area contributed by atoms with Gasteiger partial charge in [-0.15, -0.1) is 0 Å². The standard InChI is InChI=1S/C17H16ClNO2/c1-11-8-14(18)3-5-16(11)17(21)19-7-6-12-2-4-15(20)9-13(12)10-19/h2-5,8-9,20H,6-7,10H2,1H3. The number of amides is 1. The molecule has 1 heterocycles. The maximum absolute atomic E-state index is 12.6. The Morgan fingerprint density at radius 3 is 2.76 bits per heavy atom. The van der Waals surface area contributed by atoms with E-state index in [1.807, 2.05) is 17.9 Å². The van der Waals surface area contributed by atoms with E-state index in [1.54, 1.807) is 30.3 Å². The highest BCUT2D eigenvalue weighted by atomic mass is 35.5. The van der Waals surface area contributed by atoms with Crippen molar-refractivity contribution in [3.8, 4) is 5.75 Å². The van der Waals surface area contributed by atoms with Gasteiger partial charge in [0.15, 0.2) is 0 Å². The fraction of sp³-hybridized carbons (Fsp3) is 0.235. The van der Waals surface area contributed by atoms with Crippen molar-refractivity contribution in [2.24, 2.45) is 0 Å². The molecule has 1 amide bonds. The van der Waals surface area contributed by atoms with Gasteiger partial charge in [-0.3, -0.25) is 4.79 Å². The molecule has 2 aromatic carbocycles. The van der Waals surface area contributed by atoms with Crippen LogP contribution in [0.4, 0.5) is 0 Å². The monoisotopic (exact) mass is 301 g/mol. The molecule has 0 unspecified atom stereocenters. The second-order valence-corrected chi connectivity index (χ2v) is 5.83. The summed E-state index contributed by atoms with van der Waals surface area (Å²) in [7, 11) is 0. The number of hydrogen-bond acceptors (Lipinski definition) is 2. The predicted octanol–water partition coefficient (Wildman–Crippen LogP) is 3.55. The second kappa shape index (κ2) is 5.41. The zero-order chi connectivity index (χ0) is 15.0. The number of nitrogens with zero attached hydrogens (tertiary/aromatic N) is 1. The molecule has 0 fully saturated rings. The van der Waals surface area contributed by atoms with Crippen LogP contribution in [0.1, 0.15) is 27.0 Å². The Morgan fingerprint density at radius 1 is 1.19 bits per heavy atom. The van der Waals surface area contributed by atoms with Gasteiger partial charge in [-0.05, 0) is 60.4 Å². The molecule has 0 atom stereocenters. The highest BCUT2D eigenvalue weighted by molar-refractivity contribution is 6.30. The number of carbonyl (C=O) groups is 1. The number of rotatable bonds is 1. The van der Waals surface area contributed by atoms with Crippen molar-refractivity contribution < 1.29 is 9.90 Å². The Balaban J connectivity index is 1.87. The molecule has 0 radical (unpaired) electrons. The maximum Gasteiger partial charge on any atom is 0.254 e. The number of fused-ring (bicyclic) bond motifs is 1. The molecule has 3 nitrogen and oxygen atoms in total. The van der Waals surface area contributed by atoms with E-state index >= 15 is 0 Å². The van der Waals surface area contributed by atoms with Gasteiger partial charge in [-0.25, -0.2) is 0 Å². The lowest BCUT2D eigenvalue weighted by Gasteiger charge is -2.29. The van der Waals surface area contributed by atoms with Crippen LogP contribution in [0.3, 0.4) is 0 Å². The van der Waals surface area contributed by atoms with Crippen molar-refractivity contribution in [1.29, 1.82) is 0 Å². The molecule has 0 spiro atoms. The second-order valence-electron chi connectivity index (χ2n) is 5.39. The molecule has 3 rings (SSSR count). The summed E-state index contributed by atoms with van der Waals surface area (Å²) >= 11 is 5.94. The van der Waals surface area contributed by atoms with E-state index in [2.05, 4.69) is 0 Å². The molecule has 4 heteroatoms. The van der Waals surface area contributed by atoms with Crippen molar-refractivity contribution in [2.45, 2.75) is 19.9 Å². The summed E-state index contributed by atoms with van der Waals surface area (Å²) in [5, 5.41) is 10.2. The Morgan fingerprint density at radius 2 is 2.00 bits per heavy atom. The first-order valence-electron chi connectivity index (χ1n) is 6.91. The summed E-state index contributed by atoms with van der Waals surface area (Å²) in [6.45, 7) is 3.12. The van der Waals surface area contributed by atoms with Crippen LogP contribution in [-0.2, 0) is 13.0 Å². The number of aryl methyl sites for hydroxylation is 1. The van der Waals surface area contributed by atoms with Gasteiger partial charge < -0.3 is 10.0 Å². The number of phenolic OH excluding ortho intramolecular Hbond substituents is 1. The molecule has 21 heavy (non-hydrogen) atoms. The minimum absolute atomic E-state index is 0.0122. The quantitative estimate of drug-likeness (QED) is 0.875. The first-order chi connectivity index (χ1) is 10.0. The Labute approximate surface area is 128 Å². The number of aromatic hydroxyl groups is 1. The normalized spacial score (nSPS) is 13.9. The van der Waals surface area contributed by atoms with Crippen LogP contribution in [0.25, 0.3) is 0 Å². The zero-order valence-corrected chi connectivity index (χ0v) is 12.5. The van der Waals surface area contributed by atoms with Crippen LogP contribution in [0, 0.1) is 6.92 Å². The molecule has 1 aliphatic rings. The average Bonchev–Trinajstić information content (AvgIpc) is 2.46. The van der Waals surface area contributed by atoms with Crippen LogP contribution < -0.4 is 0 Å². The van der Waals surface area contributed by atoms with E-state index in [9.17, 15) is 9.90 Å². The summed E-state index contributed by atoms with van der Waals surface area (Å²) in [5.74, 6) is 0.254. The molecule has 1 N–H and O–H groups in total. The largest absolute Gasteiger partial charge is 0.508 e. The number of phenols is 1. The van der Waals surface area contributed by atoms with E-state index in [-0.39, 0.29) is 11.7 Å². The molecule has 0 bridgehead atoms. The summed E-state index contributed by atoms with van der Waals surface area (Å²) < 4.78 is 0. The minimum atomic E-state index is 0.0122. The third-order valence-electron chi connectivity index (χ3n) is 3.91. The number of carbonyl (C=O) groups excluding carboxylic acids is 1. The third kappa shape index (κ3) is 2.74. The van der Waals surface area contributed by atoms with Crippen LogP contribution in [0.5, 0.6) is 5.75 Å². The summed E-state index contributed by atoms with van der Waals surface area (Å²) in [5.41, 5.74) is 3.78. The predicted molar refractivity (Wildman–Crippen MR) is 82.7 cm³/mol. The fourth-order valence-electron chi connectivity index (χ4n) is 2.75. The van der Waals surface area contributed by atoms with Gasteiger partial charge in [0.1, 0.15) is 5.75 Å². The van der Waals surface area contributed by atoms with Gasteiger partial charge in [0.25, 0.3) is 5.91 Å². The van der Waals surface area contributed by atoms with Crippen LogP contribution >= 0.6 is 11.6 Å². The van der Waals surface area contributed by atoms with Gasteiger partial charge in [0.05, 0.1) is 0 Å². The molecule has 0 saturated carbocycles. The first kappa shape index (κ1) is 14.0. The molecule has 0 aromatic heterocycles. The molecule has 0 aliphatic carbocycles. The van der Waals surface area contributed by atoms with Crippen molar-refractivity contribution in [2.75, 3.05) is 6.54 Å². The van der Waals surface area contributed by atoms with E-state index in [0.29, 0.717) is 23.7 Å². The summed E-state index contributed by atoms with van der Waals surface area (Å²) in [6, 6.07) is 10.7. The lowest BCUT2D eigenvalue weighted by Crippen LogP contribution is -2.36. The van der Waals surface area contributed by atoms with Crippen molar-refractivity contribution in [1.82, 2.24) is 4.90 Å². The lowest BCUT2D eigenvalue weighted by molar-refractivity contribution is 0.0733. The highest BCUT2D eigenvalue weighted by Crippen LogP contribution is 2.25. The average molecular weight is 302 g/mol. The van der Waals surface area contributed by atoms with E-state index < -0.39 is 0 Å². The number of hydrogen-bond donors (Lipinski definition) is 1. The summed E-state index contributed by atoms with van der Waals surface area (Å²) in [6.07, 6.45) is 0.813. The van der Waals surface area contributed by atoms with Crippen molar-refractivity contribution >= 4 is 17.5 Å². The van der Waals surface area contributed by atoms with Crippen LogP contribution in [-0.4, -0.2) is 22.5 Å². The SMILES string of the molecule is Cc1cc(Cl)ccc1C(=O)N1CCc2ccc(O)cc2C1. The summed E-state index contributed by atoms with van der Waals surface area (Å²) in [4.78, 5) is 14.5. The first-order valence-corrected chi connectivity index (χ1v) is 7.28. The highest BCUT2D eigenvalue weighted by Gasteiger charge is 2.23. The van der Waals surface area contributed by atoms with Gasteiger partial charge in [-0.1, -0.05) is 17.7 Å². The number of benzene rings is 2. The molecular formula is C17H16ClNO2. The maximum atomic E-state index is 12.6. The Hall–Kier alpha value is -2.00. The fourth-order valence-corrected chi connectivity index (χ4v) is 2.98. The van der Waals surface area contributed by atoms with Gasteiger partial charge >= 0.3 is 0 Å². The molecule has 0 saturated heterocycles. The molecule has 108 valence electrons. The lowest BCUT2D eigenvalue weighted by atomic mass is 9.98. The van der Waals surface area contributed by atoms with Crippen molar-refractivity contribution in [3.63, 3.8) is 0 Å². The van der Waals surface area contributed by atoms with Gasteiger partial charge in [0.2, 0.25) is 0 Å². The molecular weight excluding hydrogens is 286 g/mol. The molecule has 2 aromatic rings. The third-order valence-corrected chi connectivity index (χ3v) is 4.14. The van der Waals surface area contributed by atoms with Crippen LogP contribution in [0.15, 0.2) is 36.4 Å². The van der Waals surface area contributed by atoms with E-state index in [1.165, 1.54) is 5.56 Å². The Kier molecular flexibility index (Phi) is 3.60. The molecule has 1 aliphatic heterocycles. The van der Waals surface area contributed by atoms with Gasteiger partial charge in [-0.2, -0.15) is 0 Å². The zero-order valence-electron chi connectivity index (χ0n) is 11.8. The van der Waals surface area contributed by atoms with E-state index in [4.69, 9.17) is 11.6 Å². The Bertz CT molecular complexity index is 712.